The predicted molar refractivity (Wildman–Crippen MR) is 226 cm³/mol. The Kier molecular flexibility index (Phi) is 13.8. The molecule has 0 saturated carbocycles. The first-order chi connectivity index (χ1) is 25.7. The molecule has 0 amide bonds. The number of rotatable bonds is 1. The minimum atomic E-state index is -0.770. The molecule has 10 nitrogen and oxygen atoms in total. The molecule has 0 atom stereocenters. The molecule has 0 aliphatic carbocycles. The van der Waals surface area contributed by atoms with Crippen molar-refractivity contribution in [2.75, 3.05) is 28.7 Å². The van der Waals surface area contributed by atoms with Crippen molar-refractivity contribution in [2.24, 2.45) is 0 Å². The van der Waals surface area contributed by atoms with Crippen LogP contribution in [0.25, 0.3) is 32.7 Å². The topological polar surface area (TPSA) is 202 Å². The number of hydrogen-bond acceptors (Lipinski definition) is 10. The van der Waals surface area contributed by atoms with Gasteiger partial charge < -0.3 is 33.8 Å². The van der Waals surface area contributed by atoms with Gasteiger partial charge in [0.2, 0.25) is 0 Å². The minimum Gasteiger partial charge on any atom is -0.399 e. The van der Waals surface area contributed by atoms with E-state index in [4.69, 9.17) is 28.7 Å². The summed E-state index contributed by atoms with van der Waals surface area (Å²) in [7, 11) is 0. The lowest BCUT2D eigenvalue weighted by molar-refractivity contribution is 0.0786. The molecule has 1 radical (unpaired) electrons. The van der Waals surface area contributed by atoms with Gasteiger partial charge in [0.15, 0.2) is 0 Å². The van der Waals surface area contributed by atoms with Gasteiger partial charge in [0.05, 0.1) is 33.5 Å². The summed E-state index contributed by atoms with van der Waals surface area (Å²) >= 11 is 0. The van der Waals surface area contributed by atoms with Gasteiger partial charge in [0.1, 0.15) is 0 Å². The average molecular weight is 719 g/mol. The molecule has 5 aromatic carbocycles. The fourth-order valence-electron chi connectivity index (χ4n) is 5.00. The Labute approximate surface area is 316 Å². The van der Waals surface area contributed by atoms with E-state index in [0.29, 0.717) is 0 Å². The van der Waals surface area contributed by atoms with Gasteiger partial charge in [-0.2, -0.15) is 10.2 Å². The molecule has 11 N–H and O–H groups in total. The summed E-state index contributed by atoms with van der Waals surface area (Å²) in [6, 6.07) is 44.5. The first-order valence-corrected chi connectivity index (χ1v) is 17.2. The fraction of sp³-hybridized carbons (Fsp3) is 0.136. The molecule has 275 valence electrons. The summed E-state index contributed by atoms with van der Waals surface area (Å²) in [5, 5.41) is 20.7. The Morgan fingerprint density at radius 1 is 0.537 bits per heavy atom. The number of fused-ring (bicyclic) bond motifs is 3. The lowest BCUT2D eigenvalue weighted by atomic mass is 9.98. The summed E-state index contributed by atoms with van der Waals surface area (Å²) in [4.78, 5) is 8.71. The number of anilines is 5. The molecule has 8 aromatic rings. The third kappa shape index (κ3) is 12.2. The van der Waals surface area contributed by atoms with Crippen molar-refractivity contribution in [1.29, 1.82) is 0 Å². The van der Waals surface area contributed by atoms with Crippen LogP contribution in [0.15, 0.2) is 133 Å². The SMILES string of the molecule is CC(C)(O)c1ccc(N)cc1.Cc1cc2c(N)cccc2nn1.Cc1ccc2cc(N)ccc2n1.Cc1ccc2cccc(N)c2n1.Nc1c[c]ccc1. The van der Waals surface area contributed by atoms with Crippen LogP contribution in [0.1, 0.15) is 36.5 Å². The molecule has 3 heterocycles. The maximum Gasteiger partial charge on any atom is 0.0950 e. The Bertz CT molecular complexity index is 2270. The third-order valence-corrected chi connectivity index (χ3v) is 7.88. The quantitative estimate of drug-likeness (QED) is 0.0896. The largest absolute Gasteiger partial charge is 0.399 e. The van der Waals surface area contributed by atoms with Crippen LogP contribution >= 0.6 is 0 Å². The highest BCUT2D eigenvalue weighted by atomic mass is 16.3. The molecule has 3 aromatic heterocycles. The van der Waals surface area contributed by atoms with E-state index in [2.05, 4.69) is 26.2 Å². The zero-order valence-corrected chi connectivity index (χ0v) is 31.3. The second-order valence-corrected chi connectivity index (χ2v) is 13.1. The number of aryl methyl sites for hydroxylation is 3. The van der Waals surface area contributed by atoms with E-state index in [9.17, 15) is 5.11 Å². The van der Waals surface area contributed by atoms with Gasteiger partial charge in [-0.05, 0) is 125 Å². The first kappa shape index (κ1) is 40.0. The van der Waals surface area contributed by atoms with Crippen LogP contribution in [-0.2, 0) is 5.60 Å². The Morgan fingerprint density at radius 2 is 1.19 bits per heavy atom. The van der Waals surface area contributed by atoms with Crippen molar-refractivity contribution in [3.63, 3.8) is 0 Å². The Morgan fingerprint density at radius 3 is 1.83 bits per heavy atom. The van der Waals surface area contributed by atoms with Gasteiger partial charge in [-0.25, -0.2) is 0 Å². The second kappa shape index (κ2) is 18.6. The van der Waals surface area contributed by atoms with Gasteiger partial charge >= 0.3 is 0 Å². The number of aromatic nitrogens is 4. The summed E-state index contributed by atoms with van der Waals surface area (Å²) in [5.74, 6) is 0. The monoisotopic (exact) mass is 718 g/mol. The molecule has 0 fully saturated rings. The molecular weight excluding hydrogens is 671 g/mol. The molecule has 54 heavy (non-hydrogen) atoms. The normalized spacial score (nSPS) is 10.4. The van der Waals surface area contributed by atoms with Crippen molar-refractivity contribution in [3.8, 4) is 0 Å². The summed E-state index contributed by atoms with van der Waals surface area (Å²) in [6.45, 7) is 9.34. The fourth-order valence-corrected chi connectivity index (χ4v) is 5.00. The summed E-state index contributed by atoms with van der Waals surface area (Å²) in [6.07, 6.45) is 0. The maximum absolute atomic E-state index is 9.54. The van der Waals surface area contributed by atoms with Gasteiger partial charge in [-0.1, -0.05) is 54.6 Å². The first-order valence-electron chi connectivity index (χ1n) is 17.2. The molecule has 0 spiro atoms. The third-order valence-electron chi connectivity index (χ3n) is 7.88. The number of pyridine rings is 2. The standard InChI is InChI=1S/2C10H10N2.C9H9N3.C9H13NO.C6H6N/c1-7-2-3-8-6-9(11)4-5-10(8)12-7;1-7-5-6-8-3-2-4-9(11)10(8)12-7;1-6-5-7-8(10)3-2-4-9(7)12-11-6;1-9(2,11)7-3-5-8(10)6-4-7;7-6-4-2-1-3-5-6/h2*2-6H,11H2,1H3;2-5H,10H2,1H3;3-6,11H,10H2,1-2H3;1-2,4-5H,7H2. The van der Waals surface area contributed by atoms with Crippen LogP contribution in [-0.4, -0.2) is 25.3 Å². The number of benzene rings is 5. The van der Waals surface area contributed by atoms with Crippen molar-refractivity contribution < 1.29 is 5.11 Å². The van der Waals surface area contributed by atoms with E-state index in [1.54, 1.807) is 32.0 Å². The number of nitrogens with two attached hydrogens (primary N) is 5. The van der Waals surface area contributed by atoms with Crippen LogP contribution in [0.4, 0.5) is 28.4 Å². The van der Waals surface area contributed by atoms with E-state index in [-0.39, 0.29) is 0 Å². The molecule has 0 aliphatic heterocycles. The van der Waals surface area contributed by atoms with E-state index in [0.717, 1.165) is 83.8 Å². The van der Waals surface area contributed by atoms with Crippen molar-refractivity contribution in [2.45, 2.75) is 40.2 Å². The highest BCUT2D eigenvalue weighted by molar-refractivity contribution is 5.90. The smallest absolute Gasteiger partial charge is 0.0950 e. The second-order valence-electron chi connectivity index (χ2n) is 13.1. The molecule has 0 unspecified atom stereocenters. The molecule has 0 bridgehead atoms. The molecule has 8 rings (SSSR count). The number of hydrogen-bond donors (Lipinski definition) is 6. The van der Waals surface area contributed by atoms with E-state index >= 15 is 0 Å². The molecule has 0 aliphatic rings. The van der Waals surface area contributed by atoms with Crippen molar-refractivity contribution >= 4 is 61.1 Å². The summed E-state index contributed by atoms with van der Waals surface area (Å²) in [5.41, 5.74) is 37.5. The van der Waals surface area contributed by atoms with Gasteiger partial charge in [-0.3, -0.25) is 9.97 Å². The van der Waals surface area contributed by atoms with Crippen molar-refractivity contribution in [1.82, 2.24) is 20.2 Å². The maximum atomic E-state index is 9.54. The van der Waals surface area contributed by atoms with Crippen molar-refractivity contribution in [3.05, 3.63) is 162 Å². The van der Waals surface area contributed by atoms with Gasteiger partial charge in [-0.15, -0.1) is 0 Å². The van der Waals surface area contributed by atoms with E-state index < -0.39 is 5.60 Å². The lowest BCUT2D eigenvalue weighted by Gasteiger charge is -2.17. The average Bonchev–Trinajstić information content (AvgIpc) is 3.14. The highest BCUT2D eigenvalue weighted by Crippen LogP contribution is 2.21. The minimum absolute atomic E-state index is 0.720. The van der Waals surface area contributed by atoms with Crippen LogP contribution in [0, 0.1) is 26.8 Å². The van der Waals surface area contributed by atoms with Crippen LogP contribution in [0.3, 0.4) is 0 Å². The molecule has 0 saturated heterocycles. The van der Waals surface area contributed by atoms with Crippen LogP contribution < -0.4 is 28.7 Å². The number of nitrogens with zero attached hydrogens (tertiary/aromatic N) is 4. The van der Waals surface area contributed by atoms with Gasteiger partial charge in [0.25, 0.3) is 0 Å². The van der Waals surface area contributed by atoms with E-state index in [1.807, 2.05) is 136 Å². The van der Waals surface area contributed by atoms with E-state index in [1.165, 1.54) is 0 Å². The number of aliphatic hydroxyl groups is 1. The summed E-state index contributed by atoms with van der Waals surface area (Å²) < 4.78 is 0. The molecular formula is C44H48N9O. The van der Waals surface area contributed by atoms with Crippen LogP contribution in [0.2, 0.25) is 0 Å². The van der Waals surface area contributed by atoms with Crippen LogP contribution in [0.5, 0.6) is 0 Å². The number of nitrogen functional groups attached to an aromatic ring is 5. The van der Waals surface area contributed by atoms with Gasteiger partial charge in [0, 0.05) is 50.3 Å². The Hall–Kier alpha value is -6.78. The molecule has 10 heteroatoms. The highest BCUT2D eigenvalue weighted by Gasteiger charge is 2.14. The predicted octanol–water partition coefficient (Wildman–Crippen LogP) is 8.34. The zero-order valence-electron chi connectivity index (χ0n) is 31.3. The Balaban J connectivity index is 0.000000152. The number of para-hydroxylation sites is 1. The lowest BCUT2D eigenvalue weighted by Crippen LogP contribution is -2.14. The zero-order chi connectivity index (χ0) is 39.3.